The maximum Gasteiger partial charge on any atom is 0.278 e. The number of anilines is 2. The van der Waals surface area contributed by atoms with Crippen LogP contribution in [-0.4, -0.2) is 29.1 Å². The molecule has 104 valence electrons. The number of rotatable bonds is 3. The van der Waals surface area contributed by atoms with E-state index < -0.39 is 5.91 Å². The predicted octanol–water partition coefficient (Wildman–Crippen LogP) is 0.912. The van der Waals surface area contributed by atoms with Gasteiger partial charge in [0.15, 0.2) is 5.69 Å². The molecule has 1 aromatic carbocycles. The number of nitrogens with one attached hydrogen (secondary N) is 3. The zero-order valence-corrected chi connectivity index (χ0v) is 11.2. The monoisotopic (exact) mass is 273 g/mol. The second kappa shape index (κ2) is 5.43. The molecule has 0 atom stereocenters. The van der Waals surface area contributed by atoms with Gasteiger partial charge in [0.05, 0.1) is 11.4 Å². The van der Waals surface area contributed by atoms with Crippen molar-refractivity contribution in [1.29, 1.82) is 0 Å². The molecule has 20 heavy (non-hydrogen) atoms. The smallest absolute Gasteiger partial charge is 0.278 e. The van der Waals surface area contributed by atoms with Crippen molar-refractivity contribution in [1.82, 2.24) is 15.5 Å². The van der Waals surface area contributed by atoms with Crippen molar-refractivity contribution >= 4 is 23.2 Å². The Bertz CT molecular complexity index is 645. The summed E-state index contributed by atoms with van der Waals surface area (Å²) in [5.41, 5.74) is 7.92. The molecule has 2 rings (SSSR count). The highest BCUT2D eigenvalue weighted by molar-refractivity contribution is 6.06. The molecule has 0 saturated carbocycles. The molecule has 0 aliphatic carbocycles. The molecule has 1 aromatic heterocycles. The minimum Gasteiger partial charge on any atom is -0.395 e. The third-order valence-electron chi connectivity index (χ3n) is 2.84. The van der Waals surface area contributed by atoms with Crippen molar-refractivity contribution < 1.29 is 9.59 Å². The Labute approximate surface area is 115 Å². The van der Waals surface area contributed by atoms with Crippen molar-refractivity contribution in [3.63, 3.8) is 0 Å². The average molecular weight is 273 g/mol. The van der Waals surface area contributed by atoms with Gasteiger partial charge in [0.1, 0.15) is 0 Å². The largest absolute Gasteiger partial charge is 0.395 e. The van der Waals surface area contributed by atoms with Gasteiger partial charge in [0.25, 0.3) is 11.8 Å². The van der Waals surface area contributed by atoms with E-state index in [1.807, 2.05) is 0 Å². The van der Waals surface area contributed by atoms with Gasteiger partial charge in [-0.05, 0) is 31.2 Å². The van der Waals surface area contributed by atoms with Gasteiger partial charge in [-0.15, -0.1) is 0 Å². The minimum atomic E-state index is -0.403. The second-order valence-electron chi connectivity index (χ2n) is 4.22. The number of H-pyrrole nitrogens is 1. The maximum atomic E-state index is 12.0. The second-order valence-corrected chi connectivity index (χ2v) is 4.22. The van der Waals surface area contributed by atoms with Crippen LogP contribution in [0.4, 0.5) is 11.4 Å². The molecule has 2 amide bonds. The van der Waals surface area contributed by atoms with Crippen LogP contribution in [0.15, 0.2) is 24.3 Å². The standard InChI is InChI=1S/C13H15N5O2/c1-7-10(14)11(18-17-7)13(20)16-9-5-3-8(4-6-9)12(19)15-2/h3-6H,14H2,1-2H3,(H,15,19)(H,16,20)(H,17,18). The van der Waals surface area contributed by atoms with E-state index in [9.17, 15) is 9.59 Å². The Morgan fingerprint density at radius 3 is 2.35 bits per heavy atom. The van der Waals surface area contributed by atoms with Gasteiger partial charge < -0.3 is 16.4 Å². The van der Waals surface area contributed by atoms with Crippen LogP contribution in [0.25, 0.3) is 0 Å². The van der Waals surface area contributed by atoms with Crippen molar-refractivity contribution in [2.45, 2.75) is 6.92 Å². The fourth-order valence-electron chi connectivity index (χ4n) is 1.65. The van der Waals surface area contributed by atoms with Crippen molar-refractivity contribution in [3.8, 4) is 0 Å². The van der Waals surface area contributed by atoms with Gasteiger partial charge in [-0.3, -0.25) is 14.7 Å². The van der Waals surface area contributed by atoms with Crippen LogP contribution in [-0.2, 0) is 0 Å². The molecule has 7 nitrogen and oxygen atoms in total. The Morgan fingerprint density at radius 2 is 1.85 bits per heavy atom. The quantitative estimate of drug-likeness (QED) is 0.665. The van der Waals surface area contributed by atoms with Crippen LogP contribution in [0.3, 0.4) is 0 Å². The van der Waals surface area contributed by atoms with Crippen LogP contribution in [0.5, 0.6) is 0 Å². The predicted molar refractivity (Wildman–Crippen MR) is 75.5 cm³/mol. The molecule has 0 bridgehead atoms. The first-order chi connectivity index (χ1) is 9.52. The first kappa shape index (κ1) is 13.6. The summed E-state index contributed by atoms with van der Waals surface area (Å²) in [4.78, 5) is 23.4. The number of aromatic nitrogens is 2. The lowest BCUT2D eigenvalue weighted by molar-refractivity contribution is 0.0962. The molecule has 0 aliphatic rings. The number of nitrogens with two attached hydrogens (primary N) is 1. The lowest BCUT2D eigenvalue weighted by Crippen LogP contribution is -2.18. The van der Waals surface area contributed by atoms with E-state index in [2.05, 4.69) is 20.8 Å². The van der Waals surface area contributed by atoms with E-state index in [1.54, 1.807) is 38.2 Å². The molecular weight excluding hydrogens is 258 g/mol. The van der Waals surface area contributed by atoms with Crippen LogP contribution in [0, 0.1) is 6.92 Å². The Kier molecular flexibility index (Phi) is 3.69. The number of carbonyl (C=O) groups excluding carboxylic acids is 2. The number of nitrogen functional groups attached to an aromatic ring is 1. The third-order valence-corrected chi connectivity index (χ3v) is 2.84. The van der Waals surface area contributed by atoms with E-state index >= 15 is 0 Å². The maximum absolute atomic E-state index is 12.0. The summed E-state index contributed by atoms with van der Waals surface area (Å²) in [5, 5.41) is 11.7. The molecule has 7 heteroatoms. The van der Waals surface area contributed by atoms with Gasteiger partial charge in [-0.1, -0.05) is 0 Å². The molecular formula is C13H15N5O2. The Balaban J connectivity index is 2.12. The molecule has 2 aromatic rings. The molecule has 0 saturated heterocycles. The Hall–Kier alpha value is -2.83. The molecule has 0 radical (unpaired) electrons. The number of carbonyl (C=O) groups is 2. The van der Waals surface area contributed by atoms with Crippen LogP contribution < -0.4 is 16.4 Å². The fourth-order valence-corrected chi connectivity index (χ4v) is 1.65. The highest BCUT2D eigenvalue weighted by Crippen LogP contribution is 2.15. The first-order valence-corrected chi connectivity index (χ1v) is 5.97. The highest BCUT2D eigenvalue weighted by Gasteiger charge is 2.15. The highest BCUT2D eigenvalue weighted by atomic mass is 16.2. The minimum absolute atomic E-state index is 0.151. The summed E-state index contributed by atoms with van der Waals surface area (Å²) >= 11 is 0. The van der Waals surface area contributed by atoms with E-state index in [0.29, 0.717) is 22.6 Å². The number of hydrogen-bond acceptors (Lipinski definition) is 4. The van der Waals surface area contributed by atoms with Gasteiger partial charge >= 0.3 is 0 Å². The van der Waals surface area contributed by atoms with Crippen LogP contribution in [0.2, 0.25) is 0 Å². The van der Waals surface area contributed by atoms with E-state index in [1.165, 1.54) is 0 Å². The van der Waals surface area contributed by atoms with Crippen molar-refractivity contribution in [3.05, 3.63) is 41.2 Å². The van der Waals surface area contributed by atoms with E-state index in [4.69, 9.17) is 5.73 Å². The first-order valence-electron chi connectivity index (χ1n) is 5.97. The van der Waals surface area contributed by atoms with Gasteiger partial charge in [-0.2, -0.15) is 5.10 Å². The number of amides is 2. The Morgan fingerprint density at radius 1 is 1.20 bits per heavy atom. The number of hydrogen-bond donors (Lipinski definition) is 4. The molecule has 1 heterocycles. The molecule has 0 spiro atoms. The number of aryl methyl sites for hydroxylation is 1. The number of aromatic amines is 1. The number of benzene rings is 1. The summed E-state index contributed by atoms with van der Waals surface area (Å²) in [7, 11) is 1.56. The lowest BCUT2D eigenvalue weighted by Gasteiger charge is -2.05. The van der Waals surface area contributed by atoms with E-state index in [0.717, 1.165) is 0 Å². The lowest BCUT2D eigenvalue weighted by atomic mass is 10.2. The normalized spacial score (nSPS) is 10.1. The summed E-state index contributed by atoms with van der Waals surface area (Å²) in [6, 6.07) is 6.51. The summed E-state index contributed by atoms with van der Waals surface area (Å²) in [6.45, 7) is 1.73. The molecule has 0 aliphatic heterocycles. The SMILES string of the molecule is CNC(=O)c1ccc(NC(=O)c2n[nH]c(C)c2N)cc1. The number of nitrogens with zero attached hydrogens (tertiary/aromatic N) is 1. The average Bonchev–Trinajstić information content (AvgIpc) is 2.79. The zero-order valence-electron chi connectivity index (χ0n) is 11.2. The summed E-state index contributed by atoms with van der Waals surface area (Å²) in [5.74, 6) is -0.588. The fraction of sp³-hybridized carbons (Fsp3) is 0.154. The van der Waals surface area contributed by atoms with Gasteiger partial charge in [0.2, 0.25) is 0 Å². The molecule has 5 N–H and O–H groups in total. The molecule has 0 fully saturated rings. The summed E-state index contributed by atoms with van der Waals surface area (Å²) < 4.78 is 0. The molecule has 0 unspecified atom stereocenters. The van der Waals surface area contributed by atoms with Gasteiger partial charge in [-0.25, -0.2) is 0 Å². The van der Waals surface area contributed by atoms with Crippen molar-refractivity contribution in [2.75, 3.05) is 18.1 Å². The van der Waals surface area contributed by atoms with Crippen LogP contribution in [0.1, 0.15) is 26.5 Å². The van der Waals surface area contributed by atoms with Crippen LogP contribution >= 0.6 is 0 Å². The summed E-state index contributed by atoms with van der Waals surface area (Å²) in [6.07, 6.45) is 0. The zero-order chi connectivity index (χ0) is 14.7. The van der Waals surface area contributed by atoms with E-state index in [-0.39, 0.29) is 11.6 Å². The van der Waals surface area contributed by atoms with Crippen molar-refractivity contribution in [2.24, 2.45) is 0 Å². The van der Waals surface area contributed by atoms with Gasteiger partial charge in [0, 0.05) is 18.3 Å². The third kappa shape index (κ3) is 2.61. The topological polar surface area (TPSA) is 113 Å².